The van der Waals surface area contributed by atoms with E-state index in [1.165, 1.54) is 16.7 Å². The Kier molecular flexibility index (Phi) is 4.97. The summed E-state index contributed by atoms with van der Waals surface area (Å²) in [5.41, 5.74) is 9.91. The van der Waals surface area contributed by atoms with Crippen molar-refractivity contribution in [3.63, 3.8) is 0 Å². The number of piperazine rings is 1. The van der Waals surface area contributed by atoms with Crippen molar-refractivity contribution in [2.24, 2.45) is 5.73 Å². The third-order valence-electron chi connectivity index (χ3n) is 4.06. The van der Waals surface area contributed by atoms with Crippen molar-refractivity contribution >= 4 is 0 Å². The van der Waals surface area contributed by atoms with Crippen LogP contribution in [0.4, 0.5) is 0 Å². The van der Waals surface area contributed by atoms with Crippen LogP contribution in [0.1, 0.15) is 23.6 Å². The van der Waals surface area contributed by atoms with Gasteiger partial charge in [0.2, 0.25) is 0 Å². The molecule has 106 valence electrons. The molecule has 0 aromatic heterocycles. The topological polar surface area (TPSA) is 32.5 Å². The van der Waals surface area contributed by atoms with Crippen molar-refractivity contribution < 1.29 is 0 Å². The maximum Gasteiger partial charge on any atom is 0.0235 e. The van der Waals surface area contributed by atoms with Gasteiger partial charge >= 0.3 is 0 Å². The Bertz CT molecular complexity index is 388. The van der Waals surface area contributed by atoms with Crippen molar-refractivity contribution in [1.82, 2.24) is 9.80 Å². The highest BCUT2D eigenvalue weighted by atomic mass is 15.3. The van der Waals surface area contributed by atoms with Gasteiger partial charge in [0, 0.05) is 45.3 Å². The molecular weight excluding hydrogens is 234 g/mol. The first-order valence-corrected chi connectivity index (χ1v) is 7.32. The molecule has 0 amide bonds. The molecule has 0 spiro atoms. The molecule has 3 nitrogen and oxygen atoms in total. The first-order chi connectivity index (χ1) is 9.08. The van der Waals surface area contributed by atoms with E-state index in [0.29, 0.717) is 6.04 Å². The van der Waals surface area contributed by atoms with Gasteiger partial charge in [0.1, 0.15) is 0 Å². The molecule has 1 aliphatic rings. The molecule has 0 radical (unpaired) electrons. The van der Waals surface area contributed by atoms with Crippen LogP contribution in [0.15, 0.2) is 18.2 Å². The Morgan fingerprint density at radius 3 is 2.16 bits per heavy atom. The molecule has 1 saturated heterocycles. The molecule has 2 N–H and O–H groups in total. The van der Waals surface area contributed by atoms with Crippen LogP contribution in [-0.4, -0.2) is 48.6 Å². The van der Waals surface area contributed by atoms with Gasteiger partial charge < -0.3 is 5.73 Å². The van der Waals surface area contributed by atoms with Gasteiger partial charge in [-0.3, -0.25) is 9.80 Å². The summed E-state index contributed by atoms with van der Waals surface area (Å²) in [6, 6.07) is 7.37. The number of nitrogens with zero attached hydrogens (tertiary/aromatic N) is 2. The predicted molar refractivity (Wildman–Crippen MR) is 81.3 cm³/mol. The second-order valence-corrected chi connectivity index (χ2v) is 5.89. The van der Waals surface area contributed by atoms with E-state index in [1.807, 2.05) is 0 Å². The maximum absolute atomic E-state index is 5.74. The zero-order valence-corrected chi connectivity index (χ0v) is 12.5. The molecule has 3 heteroatoms. The number of benzene rings is 1. The molecule has 1 aliphatic heterocycles. The van der Waals surface area contributed by atoms with Crippen LogP contribution in [0.25, 0.3) is 0 Å². The minimum Gasteiger partial charge on any atom is -0.329 e. The summed E-state index contributed by atoms with van der Waals surface area (Å²) in [5.74, 6) is 0. The molecule has 1 fully saturated rings. The highest BCUT2D eigenvalue weighted by Gasteiger charge is 2.20. The summed E-state index contributed by atoms with van der Waals surface area (Å²) in [7, 11) is 0. The number of hydrogen-bond donors (Lipinski definition) is 1. The average molecular weight is 261 g/mol. The predicted octanol–water partition coefficient (Wildman–Crippen LogP) is 1.77. The molecule has 1 aromatic rings. The van der Waals surface area contributed by atoms with Gasteiger partial charge in [-0.05, 0) is 26.3 Å². The third kappa shape index (κ3) is 4.03. The molecule has 1 heterocycles. The normalized spacial score (nSPS) is 19.6. The van der Waals surface area contributed by atoms with Crippen LogP contribution < -0.4 is 5.73 Å². The SMILES string of the molecule is Cc1cc(C)cc(CN2CCN(C(C)CN)CC2)c1. The van der Waals surface area contributed by atoms with Crippen LogP contribution in [0.2, 0.25) is 0 Å². The van der Waals surface area contributed by atoms with Crippen molar-refractivity contribution in [2.75, 3.05) is 32.7 Å². The molecule has 1 atom stereocenters. The van der Waals surface area contributed by atoms with Crippen molar-refractivity contribution in [2.45, 2.75) is 33.4 Å². The minimum atomic E-state index is 0.517. The molecular formula is C16H27N3. The van der Waals surface area contributed by atoms with E-state index in [4.69, 9.17) is 5.73 Å². The Morgan fingerprint density at radius 1 is 1.05 bits per heavy atom. The monoisotopic (exact) mass is 261 g/mol. The van der Waals surface area contributed by atoms with Crippen molar-refractivity contribution in [1.29, 1.82) is 0 Å². The summed E-state index contributed by atoms with van der Waals surface area (Å²) in [5, 5.41) is 0. The van der Waals surface area contributed by atoms with E-state index in [1.54, 1.807) is 0 Å². The van der Waals surface area contributed by atoms with Crippen LogP contribution in [0, 0.1) is 13.8 Å². The van der Waals surface area contributed by atoms with E-state index in [2.05, 4.69) is 48.8 Å². The molecule has 1 aromatic carbocycles. The van der Waals surface area contributed by atoms with Gasteiger partial charge in [-0.15, -0.1) is 0 Å². The number of aryl methyl sites for hydroxylation is 2. The van der Waals surface area contributed by atoms with Gasteiger partial charge in [-0.25, -0.2) is 0 Å². The van der Waals surface area contributed by atoms with E-state index in [0.717, 1.165) is 39.3 Å². The highest BCUT2D eigenvalue weighted by molar-refractivity contribution is 5.28. The lowest BCUT2D eigenvalue weighted by Crippen LogP contribution is -2.51. The fourth-order valence-electron chi connectivity index (χ4n) is 2.93. The fourth-order valence-corrected chi connectivity index (χ4v) is 2.93. The summed E-state index contributed by atoms with van der Waals surface area (Å²) in [6.07, 6.45) is 0. The maximum atomic E-state index is 5.74. The first-order valence-electron chi connectivity index (χ1n) is 7.32. The quantitative estimate of drug-likeness (QED) is 0.896. The van der Waals surface area contributed by atoms with Gasteiger partial charge in [-0.1, -0.05) is 29.3 Å². The van der Waals surface area contributed by atoms with E-state index < -0.39 is 0 Å². The van der Waals surface area contributed by atoms with E-state index in [9.17, 15) is 0 Å². The fraction of sp³-hybridized carbons (Fsp3) is 0.625. The van der Waals surface area contributed by atoms with Crippen molar-refractivity contribution in [3.05, 3.63) is 34.9 Å². The second-order valence-electron chi connectivity index (χ2n) is 5.89. The molecule has 2 rings (SSSR count). The highest BCUT2D eigenvalue weighted by Crippen LogP contribution is 2.13. The van der Waals surface area contributed by atoms with E-state index >= 15 is 0 Å². The standard InChI is InChI=1S/C16H27N3/c1-13-8-14(2)10-16(9-13)12-18-4-6-19(7-5-18)15(3)11-17/h8-10,15H,4-7,11-12,17H2,1-3H3. The van der Waals surface area contributed by atoms with Gasteiger partial charge in [0.25, 0.3) is 0 Å². The van der Waals surface area contributed by atoms with Crippen LogP contribution >= 0.6 is 0 Å². The number of hydrogen-bond acceptors (Lipinski definition) is 3. The molecule has 19 heavy (non-hydrogen) atoms. The van der Waals surface area contributed by atoms with E-state index in [-0.39, 0.29) is 0 Å². The van der Waals surface area contributed by atoms with Gasteiger partial charge in [0.05, 0.1) is 0 Å². The van der Waals surface area contributed by atoms with Gasteiger partial charge in [0.15, 0.2) is 0 Å². The lowest BCUT2D eigenvalue weighted by atomic mass is 10.1. The Morgan fingerprint density at radius 2 is 1.63 bits per heavy atom. The molecule has 0 aliphatic carbocycles. The molecule has 1 unspecified atom stereocenters. The van der Waals surface area contributed by atoms with Gasteiger partial charge in [-0.2, -0.15) is 0 Å². The number of nitrogens with two attached hydrogens (primary N) is 1. The summed E-state index contributed by atoms with van der Waals surface area (Å²) in [4.78, 5) is 5.05. The Balaban J connectivity index is 1.88. The lowest BCUT2D eigenvalue weighted by molar-refractivity contribution is 0.100. The van der Waals surface area contributed by atoms with Crippen molar-refractivity contribution in [3.8, 4) is 0 Å². The smallest absolute Gasteiger partial charge is 0.0235 e. The second kappa shape index (κ2) is 6.51. The largest absolute Gasteiger partial charge is 0.329 e. The summed E-state index contributed by atoms with van der Waals surface area (Å²) >= 11 is 0. The van der Waals surface area contributed by atoms with Crippen LogP contribution in [-0.2, 0) is 6.54 Å². The zero-order valence-electron chi connectivity index (χ0n) is 12.5. The van der Waals surface area contributed by atoms with Crippen LogP contribution in [0.5, 0.6) is 0 Å². The lowest BCUT2D eigenvalue weighted by Gasteiger charge is -2.37. The first kappa shape index (κ1) is 14.5. The summed E-state index contributed by atoms with van der Waals surface area (Å²) in [6.45, 7) is 13.0. The zero-order chi connectivity index (χ0) is 13.8. The molecule has 0 bridgehead atoms. The summed E-state index contributed by atoms with van der Waals surface area (Å²) < 4.78 is 0. The average Bonchev–Trinajstić information content (AvgIpc) is 2.37. The Labute approximate surface area is 117 Å². The third-order valence-corrected chi connectivity index (χ3v) is 4.06. The number of rotatable bonds is 4. The van der Waals surface area contributed by atoms with Crippen LogP contribution in [0.3, 0.4) is 0 Å². The molecule has 0 saturated carbocycles. The Hall–Kier alpha value is -0.900. The minimum absolute atomic E-state index is 0.517.